The molecule has 2 aromatic heterocycles. The second kappa shape index (κ2) is 7.48. The first-order valence-electron chi connectivity index (χ1n) is 7.80. The van der Waals surface area contributed by atoms with E-state index in [9.17, 15) is 9.59 Å². The van der Waals surface area contributed by atoms with E-state index < -0.39 is 0 Å². The molecule has 1 atom stereocenters. The van der Waals surface area contributed by atoms with Crippen molar-refractivity contribution in [2.24, 2.45) is 0 Å². The Labute approximate surface area is 148 Å². The van der Waals surface area contributed by atoms with Crippen molar-refractivity contribution < 1.29 is 9.21 Å². The van der Waals surface area contributed by atoms with E-state index in [0.29, 0.717) is 29.3 Å². The molecular formula is C16H19N3O3S2. The van der Waals surface area contributed by atoms with Gasteiger partial charge in [0.05, 0.1) is 29.2 Å². The number of rotatable bonds is 6. The summed E-state index contributed by atoms with van der Waals surface area (Å²) in [4.78, 5) is 29.9. The third-order valence-electron chi connectivity index (χ3n) is 3.65. The molecule has 0 aromatic carbocycles. The maximum Gasteiger partial charge on any atom is 0.268 e. The topological polar surface area (TPSA) is 77.1 Å². The zero-order valence-corrected chi connectivity index (χ0v) is 15.2. The molecule has 0 bridgehead atoms. The number of aromatic nitrogens is 2. The van der Waals surface area contributed by atoms with Gasteiger partial charge in [-0.2, -0.15) is 0 Å². The molecule has 0 fully saturated rings. The lowest BCUT2D eigenvalue weighted by atomic mass is 10.2. The summed E-state index contributed by atoms with van der Waals surface area (Å²) in [5, 5.41) is 3.79. The summed E-state index contributed by atoms with van der Waals surface area (Å²) in [6, 6.07) is 3.59. The van der Waals surface area contributed by atoms with Gasteiger partial charge in [-0.15, -0.1) is 11.8 Å². The van der Waals surface area contributed by atoms with Crippen molar-refractivity contribution >= 4 is 29.4 Å². The lowest BCUT2D eigenvalue weighted by Gasteiger charge is -2.11. The number of nitrogens with zero attached hydrogens (tertiary/aromatic N) is 2. The molecule has 1 aliphatic heterocycles. The van der Waals surface area contributed by atoms with Crippen LogP contribution in [0.25, 0.3) is 0 Å². The van der Waals surface area contributed by atoms with Crippen molar-refractivity contribution in [3.05, 3.63) is 40.2 Å². The van der Waals surface area contributed by atoms with E-state index in [2.05, 4.69) is 17.2 Å². The van der Waals surface area contributed by atoms with Gasteiger partial charge in [0.25, 0.3) is 5.56 Å². The molecule has 24 heavy (non-hydrogen) atoms. The average molecular weight is 365 g/mol. The van der Waals surface area contributed by atoms with E-state index in [1.54, 1.807) is 28.7 Å². The SMILES string of the molecule is CCn1c(SCC(=O)NCc2ccco2)nc2c(c1=O)S[C@@H](C)C2. The molecule has 8 heteroatoms. The highest BCUT2D eigenvalue weighted by molar-refractivity contribution is 8.00. The third kappa shape index (κ3) is 3.70. The highest BCUT2D eigenvalue weighted by atomic mass is 32.2. The van der Waals surface area contributed by atoms with Gasteiger partial charge in [-0.05, 0) is 19.1 Å². The van der Waals surface area contributed by atoms with E-state index in [4.69, 9.17) is 4.42 Å². The minimum atomic E-state index is -0.114. The summed E-state index contributed by atoms with van der Waals surface area (Å²) in [5.41, 5.74) is 0.871. The second-order valence-electron chi connectivity index (χ2n) is 5.50. The number of carbonyl (C=O) groups excluding carboxylic acids is 1. The average Bonchev–Trinajstić information content (AvgIpc) is 3.20. The van der Waals surface area contributed by atoms with Crippen LogP contribution in [0, 0.1) is 0 Å². The quantitative estimate of drug-likeness (QED) is 0.625. The summed E-state index contributed by atoms with van der Waals surface area (Å²) < 4.78 is 6.82. The molecule has 0 aliphatic carbocycles. The number of furan rings is 1. The number of hydrogen-bond acceptors (Lipinski definition) is 6. The monoisotopic (exact) mass is 365 g/mol. The zero-order valence-electron chi connectivity index (χ0n) is 13.6. The van der Waals surface area contributed by atoms with Crippen molar-refractivity contribution in [1.82, 2.24) is 14.9 Å². The van der Waals surface area contributed by atoms with Gasteiger partial charge in [-0.1, -0.05) is 18.7 Å². The van der Waals surface area contributed by atoms with Gasteiger partial charge in [-0.3, -0.25) is 14.2 Å². The fourth-order valence-electron chi connectivity index (χ4n) is 2.50. The van der Waals surface area contributed by atoms with Crippen LogP contribution in [0.4, 0.5) is 0 Å². The van der Waals surface area contributed by atoms with Crippen molar-refractivity contribution in [1.29, 1.82) is 0 Å². The normalized spacial score (nSPS) is 16.2. The second-order valence-corrected chi connectivity index (χ2v) is 7.89. The molecular weight excluding hydrogens is 346 g/mol. The highest BCUT2D eigenvalue weighted by Gasteiger charge is 2.26. The molecule has 3 rings (SSSR count). The minimum Gasteiger partial charge on any atom is -0.467 e. The standard InChI is InChI=1S/C16H19N3O3S2/c1-3-19-15(21)14-12(7-10(2)24-14)18-16(19)23-9-13(20)17-8-11-5-4-6-22-11/h4-6,10H,3,7-9H2,1-2H3,(H,17,20)/t10-/m0/s1. The first kappa shape index (κ1) is 17.2. The van der Waals surface area contributed by atoms with Crippen LogP contribution in [-0.4, -0.2) is 26.5 Å². The molecule has 1 amide bonds. The number of carbonyl (C=O) groups is 1. The number of amides is 1. The van der Waals surface area contributed by atoms with E-state index in [1.165, 1.54) is 11.8 Å². The van der Waals surface area contributed by atoms with Crippen LogP contribution in [0.3, 0.4) is 0 Å². The summed E-state index contributed by atoms with van der Waals surface area (Å²) >= 11 is 2.89. The Morgan fingerprint density at radius 3 is 3.12 bits per heavy atom. The van der Waals surface area contributed by atoms with Gasteiger partial charge in [0.2, 0.25) is 5.91 Å². The van der Waals surface area contributed by atoms with E-state index >= 15 is 0 Å². The van der Waals surface area contributed by atoms with Gasteiger partial charge in [0, 0.05) is 18.2 Å². The number of nitrogens with one attached hydrogen (secondary N) is 1. The van der Waals surface area contributed by atoms with E-state index in [1.807, 2.05) is 13.0 Å². The Kier molecular flexibility index (Phi) is 5.35. The van der Waals surface area contributed by atoms with Crippen molar-refractivity contribution in [2.45, 2.75) is 48.7 Å². The van der Waals surface area contributed by atoms with Crippen molar-refractivity contribution in [3.8, 4) is 0 Å². The Hall–Kier alpha value is -1.67. The molecule has 3 heterocycles. The maximum absolute atomic E-state index is 12.6. The van der Waals surface area contributed by atoms with Crippen LogP contribution in [0.2, 0.25) is 0 Å². The van der Waals surface area contributed by atoms with E-state index in [0.717, 1.165) is 17.0 Å². The predicted molar refractivity (Wildman–Crippen MR) is 94.5 cm³/mol. The Bertz CT molecular complexity index is 787. The molecule has 2 aromatic rings. The van der Waals surface area contributed by atoms with Crippen LogP contribution < -0.4 is 10.9 Å². The van der Waals surface area contributed by atoms with Gasteiger partial charge < -0.3 is 9.73 Å². The Balaban J connectivity index is 1.66. The van der Waals surface area contributed by atoms with Crippen LogP contribution >= 0.6 is 23.5 Å². The largest absolute Gasteiger partial charge is 0.467 e. The number of thioether (sulfide) groups is 2. The molecule has 0 radical (unpaired) electrons. The van der Waals surface area contributed by atoms with Crippen LogP contribution in [0.5, 0.6) is 0 Å². The molecule has 1 N–H and O–H groups in total. The Morgan fingerprint density at radius 1 is 1.58 bits per heavy atom. The lowest BCUT2D eigenvalue weighted by molar-refractivity contribution is -0.118. The molecule has 0 saturated carbocycles. The molecule has 6 nitrogen and oxygen atoms in total. The van der Waals surface area contributed by atoms with Gasteiger partial charge in [0.1, 0.15) is 5.76 Å². The Morgan fingerprint density at radius 2 is 2.42 bits per heavy atom. The van der Waals surface area contributed by atoms with Gasteiger partial charge >= 0.3 is 0 Å². The highest BCUT2D eigenvalue weighted by Crippen LogP contribution is 2.34. The molecule has 1 aliphatic rings. The molecule has 0 saturated heterocycles. The van der Waals surface area contributed by atoms with Crippen LogP contribution in [0.1, 0.15) is 25.3 Å². The zero-order chi connectivity index (χ0) is 17.1. The first-order chi connectivity index (χ1) is 11.6. The van der Waals surface area contributed by atoms with Crippen LogP contribution in [0.15, 0.2) is 37.7 Å². The minimum absolute atomic E-state index is 0.00958. The number of fused-ring (bicyclic) bond motifs is 1. The number of hydrogen-bond donors (Lipinski definition) is 1. The fourth-order valence-corrected chi connectivity index (χ4v) is 4.52. The molecule has 0 spiro atoms. The van der Waals surface area contributed by atoms with Crippen LogP contribution in [-0.2, 0) is 24.3 Å². The van der Waals surface area contributed by atoms with Gasteiger partial charge in [0.15, 0.2) is 5.16 Å². The summed E-state index contributed by atoms with van der Waals surface area (Å²) in [7, 11) is 0. The summed E-state index contributed by atoms with van der Waals surface area (Å²) in [5.74, 6) is 0.811. The predicted octanol–water partition coefficient (Wildman–Crippen LogP) is 2.30. The molecule has 0 unspecified atom stereocenters. The van der Waals surface area contributed by atoms with Gasteiger partial charge in [-0.25, -0.2) is 4.98 Å². The fraction of sp³-hybridized carbons (Fsp3) is 0.438. The summed E-state index contributed by atoms with van der Waals surface area (Å²) in [6.45, 7) is 4.92. The maximum atomic E-state index is 12.6. The van der Waals surface area contributed by atoms with Crippen molar-refractivity contribution in [3.63, 3.8) is 0 Å². The summed E-state index contributed by atoms with van der Waals surface area (Å²) in [6.07, 6.45) is 2.38. The third-order valence-corrected chi connectivity index (χ3v) is 5.84. The van der Waals surface area contributed by atoms with Crippen molar-refractivity contribution in [2.75, 3.05) is 5.75 Å². The smallest absolute Gasteiger partial charge is 0.268 e. The molecule has 128 valence electrons. The lowest BCUT2D eigenvalue weighted by Crippen LogP contribution is -2.27. The van der Waals surface area contributed by atoms with E-state index in [-0.39, 0.29) is 17.2 Å². The first-order valence-corrected chi connectivity index (χ1v) is 9.67.